The third-order valence-corrected chi connectivity index (χ3v) is 6.60. The lowest BCUT2D eigenvalue weighted by atomic mass is 10.0. The second-order valence-corrected chi connectivity index (χ2v) is 8.89. The van der Waals surface area contributed by atoms with Gasteiger partial charge in [0.1, 0.15) is 11.0 Å². The number of rotatable bonds is 10. The maximum absolute atomic E-state index is 12.2. The summed E-state index contributed by atoms with van der Waals surface area (Å²) in [6.07, 6.45) is 4.85. The average Bonchev–Trinajstić information content (AvgIpc) is 2.64. The first kappa shape index (κ1) is 21.0. The van der Waals surface area contributed by atoms with E-state index in [9.17, 15) is 4.21 Å². The molecule has 6 heteroatoms. The zero-order valence-electron chi connectivity index (χ0n) is 15.5. The number of piperidine rings is 1. The lowest BCUT2D eigenvalue weighted by molar-refractivity contribution is 0.112. The van der Waals surface area contributed by atoms with Gasteiger partial charge in [-0.05, 0) is 82.7 Å². The van der Waals surface area contributed by atoms with Crippen LogP contribution < -0.4 is 4.72 Å². The van der Waals surface area contributed by atoms with E-state index in [4.69, 9.17) is 0 Å². The molecule has 1 atom stereocenters. The summed E-state index contributed by atoms with van der Waals surface area (Å²) in [5.41, 5.74) is 0. The monoisotopic (exact) mass is 429 g/mol. The second kappa shape index (κ2) is 11.4. The fourth-order valence-corrected chi connectivity index (χ4v) is 4.65. The summed E-state index contributed by atoms with van der Waals surface area (Å²) in [7, 11) is -1.11. The number of hydrogen-bond acceptors (Lipinski definition) is 3. The van der Waals surface area contributed by atoms with Gasteiger partial charge in [0.15, 0.2) is 0 Å². The molecule has 1 fully saturated rings. The minimum atomic E-state index is -1.11. The summed E-state index contributed by atoms with van der Waals surface area (Å²) in [4.78, 5) is 6.03. The molecule has 1 aromatic rings. The average molecular weight is 430 g/mol. The van der Waals surface area contributed by atoms with E-state index in [2.05, 4.69) is 44.3 Å². The van der Waals surface area contributed by atoms with Crippen molar-refractivity contribution in [1.82, 2.24) is 14.5 Å². The van der Waals surface area contributed by atoms with Crippen LogP contribution in [0.3, 0.4) is 0 Å². The SMILES string of the molecule is CCCN(CC)C1CCN(CCCNS(=O)c2ccc(Br)cc2)CC1. The Bertz CT molecular complexity index is 518. The molecule has 4 nitrogen and oxygen atoms in total. The summed E-state index contributed by atoms with van der Waals surface area (Å²) >= 11 is 3.40. The predicted molar refractivity (Wildman–Crippen MR) is 110 cm³/mol. The van der Waals surface area contributed by atoms with Gasteiger partial charge < -0.3 is 9.80 Å². The van der Waals surface area contributed by atoms with E-state index >= 15 is 0 Å². The standard InChI is InChI=1S/C19H32BrN3OS/c1-3-13-23(4-2)18-10-15-22(16-11-18)14-5-12-21-25(24)19-8-6-17(20)7-9-19/h6-9,18,21H,3-5,10-16H2,1-2H3. The molecule has 0 saturated carbocycles. The van der Waals surface area contributed by atoms with Gasteiger partial charge in [-0.15, -0.1) is 0 Å². The van der Waals surface area contributed by atoms with Crippen molar-refractivity contribution in [2.45, 2.75) is 50.5 Å². The van der Waals surface area contributed by atoms with E-state index < -0.39 is 11.0 Å². The van der Waals surface area contributed by atoms with Crippen LogP contribution in [0.1, 0.15) is 39.5 Å². The molecule has 1 saturated heterocycles. The Balaban J connectivity index is 1.61. The minimum Gasteiger partial charge on any atom is -0.303 e. The molecule has 0 amide bonds. The van der Waals surface area contributed by atoms with Gasteiger partial charge in [0.25, 0.3) is 0 Å². The zero-order chi connectivity index (χ0) is 18.1. The van der Waals surface area contributed by atoms with Crippen molar-refractivity contribution in [3.05, 3.63) is 28.7 Å². The Labute approximate surface area is 164 Å². The van der Waals surface area contributed by atoms with Crippen LogP contribution in [0, 0.1) is 0 Å². The van der Waals surface area contributed by atoms with E-state index in [0.717, 1.165) is 34.9 Å². The highest BCUT2D eigenvalue weighted by molar-refractivity contribution is 9.10. The molecule has 1 aromatic carbocycles. The molecule has 1 aliphatic rings. The normalized spacial score (nSPS) is 17.9. The van der Waals surface area contributed by atoms with Crippen LogP contribution in [0.5, 0.6) is 0 Å². The van der Waals surface area contributed by atoms with Gasteiger partial charge in [0.2, 0.25) is 0 Å². The van der Waals surface area contributed by atoms with Gasteiger partial charge in [-0.1, -0.05) is 29.8 Å². The largest absolute Gasteiger partial charge is 0.303 e. The number of nitrogens with one attached hydrogen (secondary N) is 1. The van der Waals surface area contributed by atoms with Crippen LogP contribution in [0.15, 0.2) is 33.6 Å². The first-order valence-corrected chi connectivity index (χ1v) is 11.5. The smallest absolute Gasteiger partial charge is 0.124 e. The molecule has 1 heterocycles. The van der Waals surface area contributed by atoms with E-state index in [0.29, 0.717) is 0 Å². The first-order valence-electron chi connectivity index (χ1n) is 9.51. The van der Waals surface area contributed by atoms with E-state index in [1.165, 1.54) is 45.4 Å². The zero-order valence-corrected chi connectivity index (χ0v) is 17.9. The summed E-state index contributed by atoms with van der Waals surface area (Å²) in [5.74, 6) is 0. The van der Waals surface area contributed by atoms with Crippen LogP contribution in [0.4, 0.5) is 0 Å². The number of hydrogen-bond donors (Lipinski definition) is 1. The van der Waals surface area contributed by atoms with Crippen LogP contribution in [-0.4, -0.2) is 59.3 Å². The minimum absolute atomic E-state index is 0.768. The second-order valence-electron chi connectivity index (χ2n) is 6.67. The molecule has 1 N–H and O–H groups in total. The van der Waals surface area contributed by atoms with Crippen LogP contribution in [0.25, 0.3) is 0 Å². The molecule has 0 radical (unpaired) electrons. The van der Waals surface area contributed by atoms with E-state index in [1.807, 2.05) is 24.3 Å². The number of halogens is 1. The molecule has 0 bridgehead atoms. The molecule has 142 valence electrons. The van der Waals surface area contributed by atoms with Crippen LogP contribution >= 0.6 is 15.9 Å². The Morgan fingerprint density at radius 1 is 1.24 bits per heavy atom. The van der Waals surface area contributed by atoms with Crippen molar-refractivity contribution in [2.24, 2.45) is 0 Å². The maximum Gasteiger partial charge on any atom is 0.124 e. The van der Waals surface area contributed by atoms with Crippen molar-refractivity contribution < 1.29 is 4.21 Å². The Morgan fingerprint density at radius 2 is 1.92 bits per heavy atom. The molecule has 1 aliphatic heterocycles. The highest BCUT2D eigenvalue weighted by atomic mass is 79.9. The highest BCUT2D eigenvalue weighted by Gasteiger charge is 2.22. The summed E-state index contributed by atoms with van der Waals surface area (Å²) < 4.78 is 16.3. The number of benzene rings is 1. The highest BCUT2D eigenvalue weighted by Crippen LogP contribution is 2.17. The summed E-state index contributed by atoms with van der Waals surface area (Å²) in [6, 6.07) is 8.42. The third kappa shape index (κ3) is 7.10. The topological polar surface area (TPSA) is 35.6 Å². The van der Waals surface area contributed by atoms with Crippen molar-refractivity contribution >= 4 is 26.9 Å². The molecule has 0 aromatic heterocycles. The van der Waals surface area contributed by atoms with Gasteiger partial charge in [-0.2, -0.15) is 0 Å². The summed E-state index contributed by atoms with van der Waals surface area (Å²) in [5, 5.41) is 0. The van der Waals surface area contributed by atoms with E-state index in [1.54, 1.807) is 0 Å². The molecular formula is C19H32BrN3OS. The molecule has 1 unspecified atom stereocenters. The van der Waals surface area contributed by atoms with Crippen LogP contribution in [0.2, 0.25) is 0 Å². The molecule has 25 heavy (non-hydrogen) atoms. The fourth-order valence-electron chi connectivity index (χ4n) is 3.50. The fraction of sp³-hybridized carbons (Fsp3) is 0.684. The number of nitrogens with zero attached hydrogens (tertiary/aromatic N) is 2. The van der Waals surface area contributed by atoms with Crippen molar-refractivity contribution in [3.8, 4) is 0 Å². The Morgan fingerprint density at radius 3 is 2.52 bits per heavy atom. The first-order chi connectivity index (χ1) is 12.1. The predicted octanol–water partition coefficient (Wildman–Crippen LogP) is 3.65. The Kier molecular flexibility index (Phi) is 9.63. The van der Waals surface area contributed by atoms with Crippen molar-refractivity contribution in [1.29, 1.82) is 0 Å². The van der Waals surface area contributed by atoms with E-state index in [-0.39, 0.29) is 0 Å². The van der Waals surface area contributed by atoms with Gasteiger partial charge in [-0.25, -0.2) is 8.93 Å². The van der Waals surface area contributed by atoms with Gasteiger partial charge in [-0.3, -0.25) is 0 Å². The van der Waals surface area contributed by atoms with Gasteiger partial charge >= 0.3 is 0 Å². The summed E-state index contributed by atoms with van der Waals surface area (Å²) in [6.45, 7) is 11.2. The quantitative estimate of drug-likeness (QED) is 0.576. The van der Waals surface area contributed by atoms with Crippen LogP contribution in [-0.2, 0) is 11.0 Å². The molecule has 0 spiro atoms. The lowest BCUT2D eigenvalue weighted by Gasteiger charge is -2.38. The Hall–Kier alpha value is -0.270. The van der Waals surface area contributed by atoms with Gasteiger partial charge in [0.05, 0.1) is 4.90 Å². The lowest BCUT2D eigenvalue weighted by Crippen LogP contribution is -2.45. The molecule has 0 aliphatic carbocycles. The molecular weight excluding hydrogens is 398 g/mol. The molecule has 2 rings (SSSR count). The third-order valence-electron chi connectivity index (χ3n) is 4.90. The van der Waals surface area contributed by atoms with Gasteiger partial charge in [0, 0.05) is 17.1 Å². The van der Waals surface area contributed by atoms with Crippen molar-refractivity contribution in [2.75, 3.05) is 39.3 Å². The van der Waals surface area contributed by atoms with Crippen molar-refractivity contribution in [3.63, 3.8) is 0 Å². The number of likely N-dealkylation sites (tertiary alicyclic amines) is 1. The maximum atomic E-state index is 12.2.